The third-order valence-electron chi connectivity index (χ3n) is 5.00. The van der Waals surface area contributed by atoms with Gasteiger partial charge in [0.15, 0.2) is 5.78 Å². The Morgan fingerprint density at radius 1 is 1.12 bits per heavy atom. The average molecular weight is 488 g/mol. The lowest BCUT2D eigenvalue weighted by atomic mass is 10.0. The molecule has 184 valence electrons. The fraction of sp³-hybridized carbons (Fsp3) is 0.458. The molecule has 34 heavy (non-hydrogen) atoms. The lowest BCUT2D eigenvalue weighted by molar-refractivity contribution is -0.130. The first-order valence-electron chi connectivity index (χ1n) is 11.1. The number of nitrogens with zero attached hydrogens (tertiary/aromatic N) is 1. The Labute approximate surface area is 203 Å². The number of likely N-dealkylation sites (N-methyl/N-ethyl adjacent to an activating group) is 1. The minimum Gasteiger partial charge on any atom is -0.361 e. The number of thioether (sulfide) groups is 1. The largest absolute Gasteiger partial charge is 0.361 e. The van der Waals surface area contributed by atoms with E-state index in [1.165, 1.54) is 0 Å². The molecule has 2 aromatic rings. The number of aromatic amines is 1. The van der Waals surface area contributed by atoms with Crippen LogP contribution in [0, 0.1) is 5.41 Å². The zero-order chi connectivity index (χ0) is 25.3. The minimum absolute atomic E-state index is 0.00662. The zero-order valence-corrected chi connectivity index (χ0v) is 20.8. The number of Topliss-reactive ketones (excluding diaryl/α,β-unsaturated/α-hetero) is 1. The smallest absolute Gasteiger partial charge is 0.243 e. The van der Waals surface area contributed by atoms with Gasteiger partial charge in [-0.1, -0.05) is 43.8 Å². The maximum atomic E-state index is 13.3. The van der Waals surface area contributed by atoms with Gasteiger partial charge in [0.25, 0.3) is 0 Å². The van der Waals surface area contributed by atoms with E-state index in [0.717, 1.165) is 28.2 Å². The lowest BCUT2D eigenvalue weighted by Crippen LogP contribution is -2.53. The molecule has 0 radical (unpaired) electrons. The van der Waals surface area contributed by atoms with Crippen LogP contribution in [0.1, 0.15) is 32.3 Å². The van der Waals surface area contributed by atoms with Gasteiger partial charge >= 0.3 is 0 Å². The summed E-state index contributed by atoms with van der Waals surface area (Å²) in [5.74, 6) is -1.23. The molecule has 9 nitrogen and oxygen atoms in total. The van der Waals surface area contributed by atoms with Gasteiger partial charge in [-0.15, -0.1) is 0 Å². The van der Waals surface area contributed by atoms with E-state index in [2.05, 4.69) is 15.6 Å². The van der Waals surface area contributed by atoms with Gasteiger partial charge in [0, 0.05) is 35.2 Å². The summed E-state index contributed by atoms with van der Waals surface area (Å²) in [6.07, 6.45) is 2.80. The van der Waals surface area contributed by atoms with Crippen molar-refractivity contribution < 1.29 is 19.2 Å². The maximum absolute atomic E-state index is 13.3. The van der Waals surface area contributed by atoms with Crippen LogP contribution < -0.4 is 10.6 Å². The Bertz CT molecular complexity index is 1030. The van der Waals surface area contributed by atoms with Gasteiger partial charge in [0.2, 0.25) is 16.9 Å². The van der Waals surface area contributed by atoms with E-state index in [9.17, 15) is 19.2 Å². The number of carbonyl (C=O) groups is 4. The Balaban J connectivity index is 2.25. The van der Waals surface area contributed by atoms with Crippen LogP contribution in [0.3, 0.4) is 0 Å². The highest BCUT2D eigenvalue weighted by molar-refractivity contribution is 8.14. The van der Waals surface area contributed by atoms with Crippen molar-refractivity contribution in [2.45, 2.75) is 50.4 Å². The molecular formula is C24H33N5O4S. The molecule has 0 aliphatic carbocycles. The molecule has 1 aromatic heterocycles. The number of hydrogen-bond donors (Lipinski definition) is 4. The fourth-order valence-electron chi connectivity index (χ4n) is 3.45. The van der Waals surface area contributed by atoms with Crippen molar-refractivity contribution in [2.75, 3.05) is 20.6 Å². The summed E-state index contributed by atoms with van der Waals surface area (Å²) in [5, 5.41) is 13.3. The van der Waals surface area contributed by atoms with Crippen molar-refractivity contribution in [1.29, 1.82) is 5.41 Å². The number of carbonyl (C=O) groups excluding carboxylic acids is 4. The molecule has 4 N–H and O–H groups in total. The normalized spacial score (nSPS) is 13.0. The van der Waals surface area contributed by atoms with E-state index in [1.54, 1.807) is 19.0 Å². The van der Waals surface area contributed by atoms with E-state index >= 15 is 0 Å². The molecule has 2 atom stereocenters. The van der Waals surface area contributed by atoms with Crippen LogP contribution >= 0.6 is 11.8 Å². The second kappa shape index (κ2) is 13.0. The Hall–Kier alpha value is -2.98. The second-order valence-corrected chi connectivity index (χ2v) is 10.2. The van der Waals surface area contributed by atoms with E-state index < -0.39 is 23.8 Å². The van der Waals surface area contributed by atoms with Crippen LogP contribution in [0.25, 0.3) is 10.9 Å². The first-order valence-corrected chi connectivity index (χ1v) is 12.0. The summed E-state index contributed by atoms with van der Waals surface area (Å²) in [6.45, 7) is 3.84. The molecule has 0 aliphatic heterocycles. The number of H-pyrrole nitrogens is 1. The monoisotopic (exact) mass is 487 g/mol. The van der Waals surface area contributed by atoms with Crippen molar-refractivity contribution in [3.63, 3.8) is 0 Å². The summed E-state index contributed by atoms with van der Waals surface area (Å²) in [7, 11) is 3.51. The molecule has 0 bridgehead atoms. The molecular weight excluding hydrogens is 454 g/mol. The lowest BCUT2D eigenvalue weighted by Gasteiger charge is -2.23. The van der Waals surface area contributed by atoms with E-state index in [1.807, 2.05) is 44.3 Å². The average Bonchev–Trinajstić information content (AvgIpc) is 3.17. The molecule has 1 heterocycles. The number of aromatic nitrogens is 1. The van der Waals surface area contributed by atoms with Crippen LogP contribution in [0.15, 0.2) is 30.5 Å². The van der Waals surface area contributed by atoms with Gasteiger partial charge in [-0.3, -0.25) is 19.2 Å². The molecule has 2 amide bonds. The highest BCUT2D eigenvalue weighted by atomic mass is 32.2. The topological polar surface area (TPSA) is 135 Å². The number of benzene rings is 1. The van der Waals surface area contributed by atoms with E-state index in [4.69, 9.17) is 5.41 Å². The van der Waals surface area contributed by atoms with Crippen LogP contribution in [0.5, 0.6) is 0 Å². The number of ketones is 1. The van der Waals surface area contributed by atoms with E-state index in [0.29, 0.717) is 6.21 Å². The summed E-state index contributed by atoms with van der Waals surface area (Å²) < 4.78 is 0. The number of fused-ring (bicyclic) bond motifs is 1. The van der Waals surface area contributed by atoms with Crippen LogP contribution in [-0.2, 0) is 25.6 Å². The van der Waals surface area contributed by atoms with E-state index in [-0.39, 0.29) is 42.1 Å². The Morgan fingerprint density at radius 3 is 2.47 bits per heavy atom. The fourth-order valence-corrected chi connectivity index (χ4v) is 4.26. The summed E-state index contributed by atoms with van der Waals surface area (Å²) in [4.78, 5) is 55.0. The second-order valence-electron chi connectivity index (χ2n) is 8.62. The Kier molecular flexibility index (Phi) is 10.5. The molecule has 1 aromatic carbocycles. The van der Waals surface area contributed by atoms with Crippen LogP contribution in [0.2, 0.25) is 0 Å². The van der Waals surface area contributed by atoms with Gasteiger partial charge in [0.1, 0.15) is 6.04 Å². The maximum Gasteiger partial charge on any atom is 0.243 e. The molecule has 10 heteroatoms. The third-order valence-corrected chi connectivity index (χ3v) is 5.99. The quantitative estimate of drug-likeness (QED) is 0.319. The Morgan fingerprint density at radius 2 is 1.82 bits per heavy atom. The summed E-state index contributed by atoms with van der Waals surface area (Å²) in [5.41, 5.74) is 1.78. The first kappa shape index (κ1) is 27.3. The van der Waals surface area contributed by atoms with Gasteiger partial charge in [0.05, 0.1) is 18.8 Å². The van der Waals surface area contributed by atoms with Gasteiger partial charge in [-0.05, 0) is 32.1 Å². The number of rotatable bonds is 13. The number of nitrogens with one attached hydrogen (secondary N) is 4. The number of amides is 2. The third kappa shape index (κ3) is 8.42. The highest BCUT2D eigenvalue weighted by Crippen LogP contribution is 2.20. The van der Waals surface area contributed by atoms with Gasteiger partial charge < -0.3 is 25.9 Å². The van der Waals surface area contributed by atoms with Gasteiger partial charge in [-0.2, -0.15) is 0 Å². The summed E-state index contributed by atoms with van der Waals surface area (Å²) >= 11 is 1.08. The molecule has 0 spiro atoms. The molecule has 0 fully saturated rings. The standard InChI is InChI=1S/C24H33N5O4S/c1-15(2)34-24(33)20(10-9-17(30)12-25)28-23(32)21(27-22(31)14-29(3)4)11-16-13-26-19-8-6-5-7-18(16)19/h5-8,12-13,15,20-21,25-26H,9-11,14H2,1-4H3,(H,27,31)(H,28,32)/t20-,21-/m0/s1. The molecule has 0 saturated carbocycles. The van der Waals surface area contributed by atoms with Crippen molar-refractivity contribution in [1.82, 2.24) is 20.5 Å². The number of para-hydroxylation sites is 1. The molecule has 0 aliphatic rings. The number of hydrogen-bond acceptors (Lipinski definition) is 7. The van der Waals surface area contributed by atoms with Crippen molar-refractivity contribution in [2.24, 2.45) is 0 Å². The molecule has 0 unspecified atom stereocenters. The first-order chi connectivity index (χ1) is 16.1. The van der Waals surface area contributed by atoms with Crippen molar-refractivity contribution in [3.8, 4) is 0 Å². The SMILES string of the molecule is CC(C)SC(=O)[C@H](CCC(=O)C=N)NC(=O)[C@H](Cc1c[nH]c2ccccc12)NC(=O)CN(C)C. The van der Waals surface area contributed by atoms with Crippen LogP contribution in [-0.4, -0.2) is 76.8 Å². The zero-order valence-electron chi connectivity index (χ0n) is 20.0. The summed E-state index contributed by atoms with van der Waals surface area (Å²) in [6, 6.07) is 5.86. The highest BCUT2D eigenvalue weighted by Gasteiger charge is 2.28. The molecule has 2 rings (SSSR count). The van der Waals surface area contributed by atoms with Gasteiger partial charge in [-0.25, -0.2) is 0 Å². The van der Waals surface area contributed by atoms with Crippen LogP contribution in [0.4, 0.5) is 0 Å². The minimum atomic E-state index is -0.913. The predicted octanol–water partition coefficient (Wildman–Crippen LogP) is 1.91. The molecule has 0 saturated heterocycles. The predicted molar refractivity (Wildman–Crippen MR) is 135 cm³/mol. The van der Waals surface area contributed by atoms with Crippen molar-refractivity contribution >= 4 is 51.6 Å². The van der Waals surface area contributed by atoms with Crippen molar-refractivity contribution in [3.05, 3.63) is 36.0 Å².